The average Bonchev–Trinajstić information content (AvgIpc) is 2.88. The van der Waals surface area contributed by atoms with E-state index in [1.54, 1.807) is 12.1 Å². The number of benzene rings is 1. The van der Waals surface area contributed by atoms with Crippen molar-refractivity contribution in [1.82, 2.24) is 15.0 Å². The van der Waals surface area contributed by atoms with Gasteiger partial charge in [-0.1, -0.05) is 12.1 Å². The van der Waals surface area contributed by atoms with E-state index in [2.05, 4.69) is 22.0 Å². The number of hydrogen-bond donors (Lipinski definition) is 0. The molecule has 106 valence electrons. The third-order valence-electron chi connectivity index (χ3n) is 3.67. The SMILES string of the molecule is CC1CCCN(Cc2nc(-c3ccc(F)cc3)no2)C1. The van der Waals surface area contributed by atoms with Gasteiger partial charge in [-0.15, -0.1) is 0 Å². The molecule has 1 atom stereocenters. The maximum Gasteiger partial charge on any atom is 0.241 e. The summed E-state index contributed by atoms with van der Waals surface area (Å²) in [7, 11) is 0. The largest absolute Gasteiger partial charge is 0.338 e. The van der Waals surface area contributed by atoms with Crippen LogP contribution < -0.4 is 0 Å². The minimum Gasteiger partial charge on any atom is -0.338 e. The lowest BCUT2D eigenvalue weighted by molar-refractivity contribution is 0.157. The van der Waals surface area contributed by atoms with Crippen molar-refractivity contribution in [3.8, 4) is 11.4 Å². The number of aromatic nitrogens is 2. The molecule has 0 spiro atoms. The normalized spacial score (nSPS) is 20.2. The molecule has 3 rings (SSSR count). The average molecular weight is 275 g/mol. The summed E-state index contributed by atoms with van der Waals surface area (Å²) in [6, 6.07) is 6.12. The van der Waals surface area contributed by atoms with Gasteiger partial charge in [-0.05, 0) is 49.6 Å². The molecule has 0 amide bonds. The van der Waals surface area contributed by atoms with E-state index in [0.717, 1.165) is 24.6 Å². The maximum absolute atomic E-state index is 12.9. The lowest BCUT2D eigenvalue weighted by Gasteiger charge is -2.29. The number of halogens is 1. The molecule has 1 aliphatic rings. The minimum absolute atomic E-state index is 0.264. The van der Waals surface area contributed by atoms with Crippen LogP contribution in [0, 0.1) is 11.7 Å². The number of likely N-dealkylation sites (tertiary alicyclic amines) is 1. The molecule has 1 aliphatic heterocycles. The fraction of sp³-hybridized carbons (Fsp3) is 0.467. The van der Waals surface area contributed by atoms with Crippen molar-refractivity contribution in [2.45, 2.75) is 26.3 Å². The van der Waals surface area contributed by atoms with Crippen LogP contribution in [0.4, 0.5) is 4.39 Å². The molecule has 1 saturated heterocycles. The van der Waals surface area contributed by atoms with Gasteiger partial charge in [0.15, 0.2) is 0 Å². The molecular formula is C15H18FN3O. The van der Waals surface area contributed by atoms with Gasteiger partial charge in [-0.2, -0.15) is 4.98 Å². The van der Waals surface area contributed by atoms with E-state index >= 15 is 0 Å². The van der Waals surface area contributed by atoms with Gasteiger partial charge in [-0.25, -0.2) is 4.39 Å². The van der Waals surface area contributed by atoms with Crippen LogP contribution in [0.1, 0.15) is 25.7 Å². The molecule has 2 aromatic rings. The summed E-state index contributed by atoms with van der Waals surface area (Å²) in [4.78, 5) is 6.73. The van der Waals surface area contributed by atoms with Crippen LogP contribution in [0.2, 0.25) is 0 Å². The zero-order valence-corrected chi connectivity index (χ0v) is 11.6. The zero-order chi connectivity index (χ0) is 13.9. The van der Waals surface area contributed by atoms with Crippen LogP contribution in [0.3, 0.4) is 0 Å². The summed E-state index contributed by atoms with van der Waals surface area (Å²) in [5, 5.41) is 3.97. The van der Waals surface area contributed by atoms with E-state index in [1.807, 2.05) is 0 Å². The Kier molecular flexibility index (Phi) is 3.78. The smallest absolute Gasteiger partial charge is 0.241 e. The Hall–Kier alpha value is -1.75. The first kappa shape index (κ1) is 13.2. The molecule has 20 heavy (non-hydrogen) atoms. The Bertz CT molecular complexity index is 567. The highest BCUT2D eigenvalue weighted by atomic mass is 19.1. The molecule has 0 bridgehead atoms. The molecule has 1 aromatic heterocycles. The van der Waals surface area contributed by atoms with Gasteiger partial charge < -0.3 is 4.52 Å². The second-order valence-corrected chi connectivity index (χ2v) is 5.50. The number of nitrogens with zero attached hydrogens (tertiary/aromatic N) is 3. The van der Waals surface area contributed by atoms with Crippen LogP contribution in [-0.4, -0.2) is 28.1 Å². The zero-order valence-electron chi connectivity index (χ0n) is 11.6. The lowest BCUT2D eigenvalue weighted by atomic mass is 10.0. The van der Waals surface area contributed by atoms with E-state index in [-0.39, 0.29) is 5.82 Å². The quantitative estimate of drug-likeness (QED) is 0.863. The summed E-state index contributed by atoms with van der Waals surface area (Å²) >= 11 is 0. The summed E-state index contributed by atoms with van der Waals surface area (Å²) in [6.07, 6.45) is 2.52. The van der Waals surface area contributed by atoms with Crippen LogP contribution >= 0.6 is 0 Å². The van der Waals surface area contributed by atoms with Crippen LogP contribution in [0.25, 0.3) is 11.4 Å². The number of hydrogen-bond acceptors (Lipinski definition) is 4. The third kappa shape index (κ3) is 3.04. The van der Waals surface area contributed by atoms with Crippen LogP contribution in [0.5, 0.6) is 0 Å². The van der Waals surface area contributed by atoms with Gasteiger partial charge >= 0.3 is 0 Å². The van der Waals surface area contributed by atoms with Crippen molar-refractivity contribution >= 4 is 0 Å². The van der Waals surface area contributed by atoms with E-state index in [0.29, 0.717) is 18.3 Å². The van der Waals surface area contributed by atoms with E-state index in [9.17, 15) is 4.39 Å². The first-order valence-electron chi connectivity index (χ1n) is 7.01. The number of rotatable bonds is 3. The van der Waals surface area contributed by atoms with Gasteiger partial charge in [0.2, 0.25) is 11.7 Å². The predicted molar refractivity (Wildman–Crippen MR) is 73.4 cm³/mol. The highest BCUT2D eigenvalue weighted by molar-refractivity contribution is 5.53. The van der Waals surface area contributed by atoms with Gasteiger partial charge in [0.1, 0.15) is 5.82 Å². The predicted octanol–water partition coefficient (Wildman–Crippen LogP) is 3.11. The Morgan fingerprint density at radius 1 is 1.35 bits per heavy atom. The minimum atomic E-state index is -0.264. The topological polar surface area (TPSA) is 42.2 Å². The first-order valence-corrected chi connectivity index (χ1v) is 7.01. The molecule has 0 saturated carbocycles. The van der Waals surface area contributed by atoms with Crippen molar-refractivity contribution in [2.75, 3.05) is 13.1 Å². The molecule has 0 N–H and O–H groups in total. The second-order valence-electron chi connectivity index (χ2n) is 5.50. The van der Waals surface area contributed by atoms with E-state index in [1.165, 1.54) is 25.0 Å². The summed E-state index contributed by atoms with van der Waals surface area (Å²) < 4.78 is 18.2. The van der Waals surface area contributed by atoms with Gasteiger partial charge in [0.25, 0.3) is 0 Å². The summed E-state index contributed by atoms with van der Waals surface area (Å²) in [5.74, 6) is 1.60. The molecule has 0 radical (unpaired) electrons. The monoisotopic (exact) mass is 275 g/mol. The van der Waals surface area contributed by atoms with E-state index in [4.69, 9.17) is 4.52 Å². The molecular weight excluding hydrogens is 257 g/mol. The lowest BCUT2D eigenvalue weighted by Crippen LogP contribution is -2.33. The van der Waals surface area contributed by atoms with Crippen LogP contribution in [-0.2, 0) is 6.54 Å². The highest BCUT2D eigenvalue weighted by Gasteiger charge is 2.19. The third-order valence-corrected chi connectivity index (χ3v) is 3.67. The highest BCUT2D eigenvalue weighted by Crippen LogP contribution is 2.19. The fourth-order valence-corrected chi connectivity index (χ4v) is 2.66. The molecule has 1 fully saturated rings. The molecule has 0 aliphatic carbocycles. The fourth-order valence-electron chi connectivity index (χ4n) is 2.66. The Morgan fingerprint density at radius 2 is 2.15 bits per heavy atom. The number of piperidine rings is 1. The van der Waals surface area contributed by atoms with Gasteiger partial charge in [-0.3, -0.25) is 4.90 Å². The van der Waals surface area contributed by atoms with Crippen molar-refractivity contribution in [3.63, 3.8) is 0 Å². The maximum atomic E-state index is 12.9. The molecule has 4 nitrogen and oxygen atoms in total. The Balaban J connectivity index is 1.69. The molecule has 1 aromatic carbocycles. The Labute approximate surface area is 117 Å². The second kappa shape index (κ2) is 5.71. The molecule has 2 heterocycles. The van der Waals surface area contributed by atoms with Crippen molar-refractivity contribution in [1.29, 1.82) is 0 Å². The van der Waals surface area contributed by atoms with Crippen molar-refractivity contribution in [3.05, 3.63) is 36.0 Å². The van der Waals surface area contributed by atoms with E-state index < -0.39 is 0 Å². The van der Waals surface area contributed by atoms with Crippen molar-refractivity contribution in [2.24, 2.45) is 5.92 Å². The summed E-state index contributed by atoms with van der Waals surface area (Å²) in [5.41, 5.74) is 0.772. The van der Waals surface area contributed by atoms with Crippen molar-refractivity contribution < 1.29 is 8.91 Å². The van der Waals surface area contributed by atoms with Gasteiger partial charge in [0.05, 0.1) is 6.54 Å². The van der Waals surface area contributed by atoms with Crippen LogP contribution in [0.15, 0.2) is 28.8 Å². The molecule has 1 unspecified atom stereocenters. The Morgan fingerprint density at radius 3 is 2.90 bits per heavy atom. The van der Waals surface area contributed by atoms with Gasteiger partial charge in [0, 0.05) is 12.1 Å². The standard InChI is InChI=1S/C15H18FN3O/c1-11-3-2-8-19(9-11)10-14-17-15(18-20-14)12-4-6-13(16)7-5-12/h4-7,11H,2-3,8-10H2,1H3. The molecule has 5 heteroatoms. The summed E-state index contributed by atoms with van der Waals surface area (Å²) in [6.45, 7) is 5.12. The first-order chi connectivity index (χ1) is 9.70.